The minimum atomic E-state index is -0.889. The number of benzene rings is 2. The number of hydrogen-bond donors (Lipinski definition) is 5. The molecule has 0 bridgehead atoms. The van der Waals surface area contributed by atoms with Crippen LogP contribution in [-0.2, 0) is 13.6 Å². The van der Waals surface area contributed by atoms with Gasteiger partial charge in [0.05, 0.1) is 11.0 Å². The molecular weight excluding hydrogens is 466 g/mol. The Kier molecular flexibility index (Phi) is 6.77. The largest absolute Gasteiger partial charge is 0.503 e. The third kappa shape index (κ3) is 4.19. The highest BCUT2D eigenvalue weighted by Gasteiger charge is 2.23. The van der Waals surface area contributed by atoms with Crippen LogP contribution < -0.4 is 11.4 Å². The Labute approximate surface area is 207 Å². The van der Waals surface area contributed by atoms with Crippen molar-refractivity contribution < 1.29 is 20.4 Å². The van der Waals surface area contributed by atoms with Crippen molar-refractivity contribution in [1.29, 1.82) is 0 Å². The number of aromatic nitrogens is 4. The lowest BCUT2D eigenvalue weighted by atomic mass is 10.2. The molecule has 2 aromatic carbocycles. The molecule has 1 unspecified atom stereocenters. The van der Waals surface area contributed by atoms with Gasteiger partial charge in [0.15, 0.2) is 11.5 Å². The fourth-order valence-electron chi connectivity index (χ4n) is 4.83. The molecule has 0 radical (unpaired) electrons. The third-order valence-electron chi connectivity index (χ3n) is 6.97. The predicted octanol–water partition coefficient (Wildman–Crippen LogP) is 2.48. The molecule has 0 saturated heterocycles. The summed E-state index contributed by atoms with van der Waals surface area (Å²) in [5.74, 6) is -3.13. The van der Waals surface area contributed by atoms with E-state index in [1.807, 2.05) is 43.5 Å². The number of aromatic amines is 1. The topological polar surface area (TPSA) is 149 Å². The van der Waals surface area contributed by atoms with Crippen LogP contribution in [0.4, 0.5) is 0 Å². The van der Waals surface area contributed by atoms with E-state index in [0.29, 0.717) is 13.0 Å². The number of phenolic OH excluding ortho intramolecular Hbond substituents is 4. The van der Waals surface area contributed by atoms with Crippen LogP contribution >= 0.6 is 0 Å². The summed E-state index contributed by atoms with van der Waals surface area (Å²) >= 11 is 0. The van der Waals surface area contributed by atoms with Gasteiger partial charge in [-0.3, -0.25) is 13.7 Å². The number of nitrogens with zero attached hydrogens (tertiary/aromatic N) is 4. The van der Waals surface area contributed by atoms with Crippen molar-refractivity contribution in [2.45, 2.75) is 46.2 Å². The molecule has 0 saturated carbocycles. The first kappa shape index (κ1) is 25.2. The molecule has 36 heavy (non-hydrogen) atoms. The van der Waals surface area contributed by atoms with Crippen molar-refractivity contribution >= 4 is 22.1 Å². The van der Waals surface area contributed by atoms with Crippen LogP contribution in [0.1, 0.15) is 38.3 Å². The minimum Gasteiger partial charge on any atom is -0.503 e. The average Bonchev–Trinajstić information content (AvgIpc) is 3.31. The minimum absolute atomic E-state index is 0.00947. The van der Waals surface area contributed by atoms with Gasteiger partial charge in [-0.05, 0) is 57.5 Å². The maximum absolute atomic E-state index is 12.9. The zero-order valence-electron chi connectivity index (χ0n) is 20.9. The van der Waals surface area contributed by atoms with Crippen LogP contribution in [0, 0.1) is 6.92 Å². The van der Waals surface area contributed by atoms with Crippen molar-refractivity contribution in [2.24, 2.45) is 7.05 Å². The summed E-state index contributed by atoms with van der Waals surface area (Å²) in [6.45, 7) is 8.49. The molecule has 11 nitrogen and oxygen atoms in total. The van der Waals surface area contributed by atoms with E-state index >= 15 is 0 Å². The molecule has 0 spiro atoms. The molecule has 0 aliphatic carbocycles. The van der Waals surface area contributed by atoms with E-state index in [1.54, 1.807) is 11.6 Å². The standard InChI is InChI=1S/C25H33N5O6/c1-5-28(12-9-15(3)30-16-8-7-14(2)13-17(16)27(4)25(30)36)10-6-11-29-19-18(26-24(29)35)20(31)22(33)23(34)21(19)32/h7-8,13,15,31-34H,5-6,9-12H2,1-4H3,(H,26,35). The zero-order chi connectivity index (χ0) is 26.3. The normalized spacial score (nSPS) is 12.8. The van der Waals surface area contributed by atoms with Crippen LogP contribution in [0.5, 0.6) is 23.0 Å². The highest BCUT2D eigenvalue weighted by molar-refractivity contribution is 5.93. The number of nitrogens with one attached hydrogen (secondary N) is 1. The van der Waals surface area contributed by atoms with Crippen molar-refractivity contribution in [3.05, 3.63) is 44.7 Å². The maximum atomic E-state index is 12.9. The Morgan fingerprint density at radius 2 is 1.69 bits per heavy atom. The van der Waals surface area contributed by atoms with E-state index in [0.717, 1.165) is 36.1 Å². The van der Waals surface area contributed by atoms with Gasteiger partial charge in [0, 0.05) is 26.2 Å². The van der Waals surface area contributed by atoms with E-state index in [4.69, 9.17) is 0 Å². The summed E-state index contributed by atoms with van der Waals surface area (Å²) in [4.78, 5) is 30.0. The van der Waals surface area contributed by atoms with Gasteiger partial charge in [0.2, 0.25) is 11.5 Å². The summed E-state index contributed by atoms with van der Waals surface area (Å²) in [6, 6.07) is 6.01. The molecule has 4 rings (SSSR count). The molecule has 11 heteroatoms. The van der Waals surface area contributed by atoms with E-state index < -0.39 is 28.7 Å². The Morgan fingerprint density at radius 1 is 1.00 bits per heavy atom. The Morgan fingerprint density at radius 3 is 2.39 bits per heavy atom. The van der Waals surface area contributed by atoms with Crippen molar-refractivity contribution in [3.63, 3.8) is 0 Å². The van der Waals surface area contributed by atoms with Crippen LogP contribution in [0.3, 0.4) is 0 Å². The summed E-state index contributed by atoms with van der Waals surface area (Å²) in [5, 5.41) is 39.9. The van der Waals surface area contributed by atoms with Gasteiger partial charge in [-0.15, -0.1) is 0 Å². The highest BCUT2D eigenvalue weighted by Crippen LogP contribution is 2.47. The molecule has 1 atom stereocenters. The van der Waals surface area contributed by atoms with Gasteiger partial charge < -0.3 is 30.3 Å². The average molecular weight is 500 g/mol. The Hall–Kier alpha value is -3.86. The van der Waals surface area contributed by atoms with E-state index in [-0.39, 0.29) is 29.3 Å². The number of hydrogen-bond acceptors (Lipinski definition) is 7. The van der Waals surface area contributed by atoms with Crippen LogP contribution in [-0.4, -0.2) is 63.6 Å². The number of phenols is 4. The van der Waals surface area contributed by atoms with Crippen LogP contribution in [0.2, 0.25) is 0 Å². The Balaban J connectivity index is 1.44. The molecule has 0 fully saturated rings. The van der Waals surface area contributed by atoms with Crippen LogP contribution in [0.25, 0.3) is 22.1 Å². The molecule has 5 N–H and O–H groups in total. The molecule has 0 aliphatic rings. The SMILES string of the molecule is CCN(CCCn1c(=O)[nH]c2c(O)c(O)c(O)c(O)c21)CCC(C)n1c(=O)n(C)c2cc(C)ccc21. The monoisotopic (exact) mass is 499 g/mol. The lowest BCUT2D eigenvalue weighted by Gasteiger charge is -2.23. The summed E-state index contributed by atoms with van der Waals surface area (Å²) < 4.78 is 4.75. The smallest absolute Gasteiger partial charge is 0.329 e. The van der Waals surface area contributed by atoms with Crippen molar-refractivity contribution in [1.82, 2.24) is 23.6 Å². The number of rotatable bonds is 9. The highest BCUT2D eigenvalue weighted by atomic mass is 16.3. The van der Waals surface area contributed by atoms with Crippen molar-refractivity contribution in [3.8, 4) is 23.0 Å². The lowest BCUT2D eigenvalue weighted by molar-refractivity contribution is 0.259. The molecular formula is C25H33N5O6. The van der Waals surface area contributed by atoms with E-state index in [9.17, 15) is 30.0 Å². The molecule has 0 aliphatic heterocycles. The summed E-state index contributed by atoms with van der Waals surface area (Å²) in [7, 11) is 1.79. The van der Waals surface area contributed by atoms with Crippen LogP contribution in [0.15, 0.2) is 27.8 Å². The zero-order valence-corrected chi connectivity index (χ0v) is 20.9. The van der Waals surface area contributed by atoms with Gasteiger partial charge in [0.1, 0.15) is 11.0 Å². The summed E-state index contributed by atoms with van der Waals surface area (Å²) in [5.41, 5.74) is 2.13. The first-order valence-corrected chi connectivity index (χ1v) is 12.0. The van der Waals surface area contributed by atoms with Gasteiger partial charge in [-0.2, -0.15) is 0 Å². The summed E-state index contributed by atoms with van der Waals surface area (Å²) in [6.07, 6.45) is 1.32. The number of fused-ring (bicyclic) bond motifs is 2. The molecule has 2 aromatic heterocycles. The number of aryl methyl sites for hydroxylation is 3. The number of imidazole rings is 2. The number of aromatic hydroxyl groups is 4. The lowest BCUT2D eigenvalue weighted by Crippen LogP contribution is -2.31. The molecule has 4 aromatic rings. The molecule has 0 amide bonds. The first-order valence-electron chi connectivity index (χ1n) is 12.0. The van der Waals surface area contributed by atoms with Crippen molar-refractivity contribution in [2.75, 3.05) is 19.6 Å². The van der Waals surface area contributed by atoms with E-state index in [1.165, 1.54) is 4.57 Å². The van der Waals surface area contributed by atoms with Gasteiger partial charge in [-0.1, -0.05) is 13.0 Å². The predicted molar refractivity (Wildman–Crippen MR) is 137 cm³/mol. The molecule has 194 valence electrons. The second-order valence-corrected chi connectivity index (χ2v) is 9.33. The van der Waals surface area contributed by atoms with Gasteiger partial charge in [-0.25, -0.2) is 9.59 Å². The number of H-pyrrole nitrogens is 1. The second kappa shape index (κ2) is 9.65. The van der Waals surface area contributed by atoms with Gasteiger partial charge in [0.25, 0.3) is 0 Å². The fraction of sp³-hybridized carbons (Fsp3) is 0.440. The second-order valence-electron chi connectivity index (χ2n) is 9.33. The third-order valence-corrected chi connectivity index (χ3v) is 6.97. The van der Waals surface area contributed by atoms with Gasteiger partial charge >= 0.3 is 11.4 Å². The quantitative estimate of drug-likeness (QED) is 0.175. The Bertz CT molecular complexity index is 1540. The fourth-order valence-corrected chi connectivity index (χ4v) is 4.83. The molecule has 2 heterocycles. The maximum Gasteiger partial charge on any atom is 0.329 e. The first-order chi connectivity index (χ1) is 17.1. The van der Waals surface area contributed by atoms with E-state index in [2.05, 4.69) is 9.88 Å².